The standard InChI is InChI=1S/C20H22N2O5S/c1-14-4-5-16(20(23)27-3)13-19(14)28(24,25)21-17-6-7-18-15(12-17)8-9-22(18)10-11-26-2/h4-9,12-13,21H,10-11H2,1-3H3. The highest BCUT2D eigenvalue weighted by atomic mass is 32.2. The van der Waals surface area contributed by atoms with Crippen molar-refractivity contribution in [3.05, 3.63) is 59.8 Å². The number of aromatic nitrogens is 1. The average molecular weight is 402 g/mol. The van der Waals surface area contributed by atoms with E-state index in [0.29, 0.717) is 24.4 Å². The van der Waals surface area contributed by atoms with E-state index in [4.69, 9.17) is 4.74 Å². The number of rotatable bonds is 7. The zero-order valence-corrected chi connectivity index (χ0v) is 16.7. The third kappa shape index (κ3) is 4.02. The molecule has 0 aliphatic rings. The fourth-order valence-corrected chi connectivity index (χ4v) is 4.31. The molecule has 148 valence electrons. The minimum Gasteiger partial charge on any atom is -0.465 e. The summed E-state index contributed by atoms with van der Waals surface area (Å²) in [5, 5.41) is 0.913. The van der Waals surface area contributed by atoms with Crippen molar-refractivity contribution in [3.63, 3.8) is 0 Å². The van der Waals surface area contributed by atoms with Gasteiger partial charge in [0.25, 0.3) is 10.0 Å². The summed E-state index contributed by atoms with van der Waals surface area (Å²) in [5.74, 6) is -0.588. The highest BCUT2D eigenvalue weighted by Crippen LogP contribution is 2.25. The third-order valence-electron chi connectivity index (χ3n) is 4.46. The van der Waals surface area contributed by atoms with Crippen molar-refractivity contribution < 1.29 is 22.7 Å². The Labute approximate surface area is 163 Å². The maximum absolute atomic E-state index is 12.9. The Kier molecular flexibility index (Phi) is 5.71. The van der Waals surface area contributed by atoms with Crippen LogP contribution in [-0.2, 0) is 26.0 Å². The number of esters is 1. The summed E-state index contributed by atoms with van der Waals surface area (Å²) < 4.78 is 40.2. The summed E-state index contributed by atoms with van der Waals surface area (Å²) in [6.45, 7) is 2.98. The van der Waals surface area contributed by atoms with Crippen LogP contribution in [0.5, 0.6) is 0 Å². The van der Waals surface area contributed by atoms with Crippen molar-refractivity contribution in [3.8, 4) is 0 Å². The Hall–Kier alpha value is -2.84. The van der Waals surface area contributed by atoms with Crippen molar-refractivity contribution in [2.24, 2.45) is 0 Å². The van der Waals surface area contributed by atoms with Gasteiger partial charge < -0.3 is 14.0 Å². The number of ether oxygens (including phenoxy) is 2. The van der Waals surface area contributed by atoms with Crippen LogP contribution >= 0.6 is 0 Å². The van der Waals surface area contributed by atoms with Crippen molar-refractivity contribution in [2.75, 3.05) is 25.5 Å². The van der Waals surface area contributed by atoms with Gasteiger partial charge in [-0.2, -0.15) is 0 Å². The van der Waals surface area contributed by atoms with E-state index in [1.807, 2.05) is 22.9 Å². The maximum Gasteiger partial charge on any atom is 0.337 e. The molecule has 28 heavy (non-hydrogen) atoms. The van der Waals surface area contributed by atoms with Gasteiger partial charge in [-0.25, -0.2) is 13.2 Å². The molecule has 7 nitrogen and oxygen atoms in total. The van der Waals surface area contributed by atoms with Crippen LogP contribution in [0.2, 0.25) is 0 Å². The van der Waals surface area contributed by atoms with E-state index in [0.717, 1.165) is 10.9 Å². The first-order chi connectivity index (χ1) is 13.4. The second-order valence-corrected chi connectivity index (χ2v) is 8.00. The monoisotopic (exact) mass is 402 g/mol. The minimum absolute atomic E-state index is 0.0353. The predicted molar refractivity (Wildman–Crippen MR) is 107 cm³/mol. The molecule has 3 aromatic rings. The molecule has 0 radical (unpaired) electrons. The number of carbonyl (C=O) groups is 1. The highest BCUT2D eigenvalue weighted by molar-refractivity contribution is 7.92. The number of fused-ring (bicyclic) bond motifs is 1. The fourth-order valence-electron chi connectivity index (χ4n) is 2.99. The Bertz CT molecular complexity index is 1120. The molecular weight excluding hydrogens is 380 g/mol. The first kappa shape index (κ1) is 19.9. The third-order valence-corrected chi connectivity index (χ3v) is 5.98. The molecule has 0 saturated carbocycles. The molecule has 0 atom stereocenters. The fraction of sp³-hybridized carbons (Fsp3) is 0.250. The zero-order valence-electron chi connectivity index (χ0n) is 15.9. The molecule has 0 aliphatic carbocycles. The van der Waals surface area contributed by atoms with Gasteiger partial charge in [-0.05, 0) is 48.9 Å². The lowest BCUT2D eigenvalue weighted by molar-refractivity contribution is 0.0600. The highest BCUT2D eigenvalue weighted by Gasteiger charge is 2.20. The quantitative estimate of drug-likeness (QED) is 0.614. The van der Waals surface area contributed by atoms with Crippen molar-refractivity contribution >= 4 is 32.6 Å². The smallest absolute Gasteiger partial charge is 0.337 e. The van der Waals surface area contributed by atoms with E-state index in [1.165, 1.54) is 19.2 Å². The molecule has 0 bridgehead atoms. The average Bonchev–Trinajstić information content (AvgIpc) is 3.07. The van der Waals surface area contributed by atoms with E-state index in [9.17, 15) is 13.2 Å². The topological polar surface area (TPSA) is 86.6 Å². The first-order valence-electron chi connectivity index (χ1n) is 8.65. The van der Waals surface area contributed by atoms with E-state index in [-0.39, 0.29) is 10.5 Å². The molecule has 0 amide bonds. The van der Waals surface area contributed by atoms with Gasteiger partial charge in [0.05, 0.1) is 24.2 Å². The molecule has 1 aromatic heterocycles. The Morgan fingerprint density at radius 3 is 2.61 bits per heavy atom. The second-order valence-electron chi connectivity index (χ2n) is 6.35. The first-order valence-corrected chi connectivity index (χ1v) is 10.1. The van der Waals surface area contributed by atoms with Gasteiger partial charge in [0, 0.05) is 36.4 Å². The van der Waals surface area contributed by atoms with Gasteiger partial charge in [0.2, 0.25) is 0 Å². The molecular formula is C20H22N2O5S. The number of methoxy groups -OCH3 is 2. The predicted octanol–water partition coefficient (Wildman–Crippen LogP) is 3.18. The summed E-state index contributed by atoms with van der Waals surface area (Å²) in [5.41, 5.74) is 2.15. The van der Waals surface area contributed by atoms with E-state index in [1.54, 1.807) is 32.2 Å². The number of nitrogens with zero attached hydrogens (tertiary/aromatic N) is 1. The van der Waals surface area contributed by atoms with Crippen molar-refractivity contribution in [1.82, 2.24) is 4.57 Å². The molecule has 8 heteroatoms. The molecule has 0 saturated heterocycles. The minimum atomic E-state index is -3.87. The van der Waals surface area contributed by atoms with Gasteiger partial charge in [-0.3, -0.25) is 4.72 Å². The molecule has 0 fully saturated rings. The maximum atomic E-state index is 12.9. The number of aryl methyl sites for hydroxylation is 1. The number of hydrogen-bond acceptors (Lipinski definition) is 5. The van der Waals surface area contributed by atoms with Crippen LogP contribution in [0.3, 0.4) is 0 Å². The molecule has 1 heterocycles. The lowest BCUT2D eigenvalue weighted by atomic mass is 10.1. The van der Waals surface area contributed by atoms with E-state index >= 15 is 0 Å². The molecule has 3 rings (SSSR count). The Morgan fingerprint density at radius 1 is 1.11 bits per heavy atom. The number of sulfonamides is 1. The van der Waals surface area contributed by atoms with Gasteiger partial charge in [-0.1, -0.05) is 6.07 Å². The van der Waals surface area contributed by atoms with Crippen LogP contribution in [-0.4, -0.2) is 39.8 Å². The van der Waals surface area contributed by atoms with Crippen LogP contribution in [0.15, 0.2) is 53.6 Å². The molecule has 0 spiro atoms. The van der Waals surface area contributed by atoms with Crippen molar-refractivity contribution in [2.45, 2.75) is 18.4 Å². The van der Waals surface area contributed by atoms with E-state index in [2.05, 4.69) is 9.46 Å². The largest absolute Gasteiger partial charge is 0.465 e. The second kappa shape index (κ2) is 8.04. The Morgan fingerprint density at radius 2 is 1.89 bits per heavy atom. The van der Waals surface area contributed by atoms with Crippen LogP contribution in [0.4, 0.5) is 5.69 Å². The van der Waals surface area contributed by atoms with Crippen LogP contribution in [0.1, 0.15) is 15.9 Å². The van der Waals surface area contributed by atoms with Gasteiger partial charge in [0.15, 0.2) is 0 Å². The van der Waals surface area contributed by atoms with Gasteiger partial charge >= 0.3 is 5.97 Å². The lowest BCUT2D eigenvalue weighted by Gasteiger charge is -2.12. The summed E-state index contributed by atoms with van der Waals surface area (Å²) in [6.07, 6.45) is 1.94. The SMILES string of the molecule is COCCn1ccc2cc(NS(=O)(=O)c3cc(C(=O)OC)ccc3C)ccc21. The summed E-state index contributed by atoms with van der Waals surface area (Å²) >= 11 is 0. The summed E-state index contributed by atoms with van der Waals surface area (Å²) in [6, 6.07) is 11.7. The summed E-state index contributed by atoms with van der Waals surface area (Å²) in [7, 11) is -0.968. The molecule has 1 N–H and O–H groups in total. The number of anilines is 1. The lowest BCUT2D eigenvalue weighted by Crippen LogP contribution is -2.15. The van der Waals surface area contributed by atoms with Crippen LogP contribution < -0.4 is 4.72 Å². The number of nitrogens with one attached hydrogen (secondary N) is 1. The Balaban J connectivity index is 1.91. The number of carbonyl (C=O) groups excluding carboxylic acids is 1. The zero-order chi connectivity index (χ0) is 20.3. The molecule has 0 aliphatic heterocycles. The van der Waals surface area contributed by atoms with E-state index < -0.39 is 16.0 Å². The molecule has 0 unspecified atom stereocenters. The van der Waals surface area contributed by atoms with Crippen LogP contribution in [0.25, 0.3) is 10.9 Å². The van der Waals surface area contributed by atoms with Gasteiger partial charge in [-0.15, -0.1) is 0 Å². The molecule has 2 aromatic carbocycles. The van der Waals surface area contributed by atoms with Crippen LogP contribution in [0, 0.1) is 6.92 Å². The number of hydrogen-bond donors (Lipinski definition) is 1. The van der Waals surface area contributed by atoms with Gasteiger partial charge in [0.1, 0.15) is 0 Å². The summed E-state index contributed by atoms with van der Waals surface area (Å²) in [4.78, 5) is 11.8. The van der Waals surface area contributed by atoms with Crippen molar-refractivity contribution in [1.29, 1.82) is 0 Å². The number of benzene rings is 2. The normalized spacial score (nSPS) is 11.5.